The second-order valence-corrected chi connectivity index (χ2v) is 15.2. The summed E-state index contributed by atoms with van der Waals surface area (Å²) in [6.45, 7) is 3.75. The van der Waals surface area contributed by atoms with Crippen LogP contribution in [0, 0.1) is 23.7 Å². The van der Waals surface area contributed by atoms with Crippen LogP contribution in [-0.2, 0) is 30.8 Å². The summed E-state index contributed by atoms with van der Waals surface area (Å²) in [5.74, 6) is -8.03. The lowest BCUT2D eigenvalue weighted by molar-refractivity contribution is -0.139. The van der Waals surface area contributed by atoms with Crippen LogP contribution < -0.4 is 10.3 Å². The number of halogens is 6. The van der Waals surface area contributed by atoms with Gasteiger partial charge in [-0.1, -0.05) is 83.4 Å². The molecule has 280 valence electrons. The summed E-state index contributed by atoms with van der Waals surface area (Å²) in [7, 11) is 0. The second kappa shape index (κ2) is 13.2. The maximum absolute atomic E-state index is 15.3. The Balaban J connectivity index is 1.31. The standard InChI is InChI=1S/C40H28Cl3F3N4O5/c1-2-19-3-10-24(11-4-19)49-35(52)26-13-12-25-27(32(26)37(49)54)17-29-36(53)50(48-34-30(43)15-21(18-47-34)40(44,45)46)38(55)39(29,20-5-7-22(41)8-6-20)33(25)28-16-23(42)9-14-31(28)51/h2-12,14-16,18,26-27,29,32-33,51H,1,13,17H2,(H,47,48)/t26-,27+,29-,32-,33+,39+/m0/s1. The second-order valence-electron chi connectivity index (χ2n) is 13.9. The number of phenols is 1. The molecule has 55 heavy (non-hydrogen) atoms. The minimum Gasteiger partial charge on any atom is -0.508 e. The molecule has 3 heterocycles. The number of aromatic nitrogens is 1. The fourth-order valence-corrected chi connectivity index (χ4v) is 9.41. The van der Waals surface area contributed by atoms with Gasteiger partial charge in [0.1, 0.15) is 5.75 Å². The molecule has 6 atom stereocenters. The normalized spacial score (nSPS) is 26.1. The average molecular weight is 808 g/mol. The van der Waals surface area contributed by atoms with Crippen LogP contribution in [-0.4, -0.2) is 38.7 Å². The molecule has 8 rings (SSSR count). The van der Waals surface area contributed by atoms with Gasteiger partial charge < -0.3 is 5.11 Å². The van der Waals surface area contributed by atoms with Gasteiger partial charge in [-0.15, -0.1) is 0 Å². The Morgan fingerprint density at radius 2 is 1.58 bits per heavy atom. The summed E-state index contributed by atoms with van der Waals surface area (Å²) < 4.78 is 40.4. The smallest absolute Gasteiger partial charge is 0.417 e. The van der Waals surface area contributed by atoms with E-state index < -0.39 is 81.2 Å². The third kappa shape index (κ3) is 5.64. The number of rotatable bonds is 6. The highest BCUT2D eigenvalue weighted by molar-refractivity contribution is 6.33. The number of alkyl halides is 3. The lowest BCUT2D eigenvalue weighted by Gasteiger charge is -2.50. The van der Waals surface area contributed by atoms with Crippen molar-refractivity contribution >= 4 is 76.0 Å². The SMILES string of the molecule is C=Cc1ccc(N2C(=O)[C@H]3[C@H](CC=C4[C@H]3C[C@H]3C(=O)N(Nc5ncc(C(F)(F)F)cc5Cl)C(=O)[C@@]3(c3ccc(Cl)cc3)[C@H]4c3cc(Cl)ccc3O)C2=O)cc1. The minimum absolute atomic E-state index is 0.0906. The first kappa shape index (κ1) is 36.8. The fraction of sp³-hybridized carbons (Fsp3) is 0.225. The summed E-state index contributed by atoms with van der Waals surface area (Å²) in [6, 6.07) is 18.0. The molecule has 2 saturated heterocycles. The van der Waals surface area contributed by atoms with E-state index in [2.05, 4.69) is 17.0 Å². The Kier molecular flexibility index (Phi) is 8.86. The molecule has 4 aliphatic rings. The molecule has 15 heteroatoms. The number of anilines is 2. The van der Waals surface area contributed by atoms with Gasteiger partial charge in [0.25, 0.3) is 11.8 Å². The molecule has 2 aliphatic heterocycles. The van der Waals surface area contributed by atoms with Crippen LogP contribution in [0.2, 0.25) is 15.1 Å². The number of pyridine rings is 1. The highest BCUT2D eigenvalue weighted by atomic mass is 35.5. The van der Waals surface area contributed by atoms with E-state index in [-0.39, 0.29) is 29.2 Å². The van der Waals surface area contributed by atoms with Crippen molar-refractivity contribution in [2.24, 2.45) is 23.7 Å². The summed E-state index contributed by atoms with van der Waals surface area (Å²) in [5, 5.41) is 12.2. The van der Waals surface area contributed by atoms with Crippen LogP contribution in [0.15, 0.2) is 97.2 Å². The number of amides is 4. The van der Waals surface area contributed by atoms with E-state index in [1.165, 1.54) is 18.2 Å². The predicted molar refractivity (Wildman–Crippen MR) is 199 cm³/mol. The van der Waals surface area contributed by atoms with Crippen molar-refractivity contribution in [3.8, 4) is 5.75 Å². The van der Waals surface area contributed by atoms with Crippen molar-refractivity contribution in [3.63, 3.8) is 0 Å². The fourth-order valence-electron chi connectivity index (χ4n) is 8.90. The van der Waals surface area contributed by atoms with Gasteiger partial charge in [0, 0.05) is 27.7 Å². The molecule has 0 unspecified atom stereocenters. The Bertz CT molecular complexity index is 2350. The number of hydrogen-bond acceptors (Lipinski definition) is 7. The zero-order valence-corrected chi connectivity index (χ0v) is 30.6. The Labute approximate surface area is 327 Å². The zero-order valence-electron chi connectivity index (χ0n) is 28.4. The summed E-state index contributed by atoms with van der Waals surface area (Å²) in [4.78, 5) is 63.5. The first-order valence-corrected chi connectivity index (χ1v) is 18.2. The van der Waals surface area contributed by atoms with Crippen molar-refractivity contribution in [2.75, 3.05) is 10.3 Å². The van der Waals surface area contributed by atoms with Gasteiger partial charge in [0.05, 0.1) is 39.4 Å². The maximum atomic E-state index is 15.3. The number of benzene rings is 3. The Hall–Kier alpha value is -5.17. The van der Waals surface area contributed by atoms with E-state index in [1.54, 1.807) is 54.6 Å². The molecule has 2 aliphatic carbocycles. The number of carbonyl (C=O) groups is 4. The number of fused-ring (bicyclic) bond motifs is 4. The summed E-state index contributed by atoms with van der Waals surface area (Å²) in [6.07, 6.45) is -0.772. The highest BCUT2D eigenvalue weighted by Crippen LogP contribution is 2.65. The molecule has 3 aromatic carbocycles. The number of phenolic OH excluding ortho intramolecular Hbond substituents is 1. The van der Waals surface area contributed by atoms with Gasteiger partial charge >= 0.3 is 6.18 Å². The lowest BCUT2D eigenvalue weighted by Crippen LogP contribution is -2.53. The molecule has 3 fully saturated rings. The lowest BCUT2D eigenvalue weighted by atomic mass is 9.49. The van der Waals surface area contributed by atoms with Crippen LogP contribution in [0.5, 0.6) is 5.75 Å². The molecule has 4 amide bonds. The van der Waals surface area contributed by atoms with Gasteiger partial charge in [0.2, 0.25) is 11.8 Å². The van der Waals surface area contributed by atoms with Gasteiger partial charge in [-0.25, -0.2) is 4.98 Å². The van der Waals surface area contributed by atoms with E-state index in [0.717, 1.165) is 10.5 Å². The van der Waals surface area contributed by atoms with Crippen LogP contribution in [0.1, 0.15) is 41.0 Å². The molecule has 0 radical (unpaired) electrons. The number of carbonyl (C=O) groups excluding carboxylic acids is 4. The van der Waals surface area contributed by atoms with Gasteiger partial charge in [-0.05, 0) is 78.4 Å². The Morgan fingerprint density at radius 1 is 0.891 bits per heavy atom. The van der Waals surface area contributed by atoms with Crippen molar-refractivity contribution in [1.82, 2.24) is 9.99 Å². The zero-order chi connectivity index (χ0) is 39.1. The van der Waals surface area contributed by atoms with Crippen LogP contribution in [0.4, 0.5) is 24.7 Å². The van der Waals surface area contributed by atoms with Gasteiger partial charge in [0.15, 0.2) is 5.82 Å². The maximum Gasteiger partial charge on any atom is 0.417 e. The molecular weight excluding hydrogens is 780 g/mol. The number of allylic oxidation sites excluding steroid dienone is 2. The highest BCUT2D eigenvalue weighted by Gasteiger charge is 2.70. The molecule has 1 saturated carbocycles. The van der Waals surface area contributed by atoms with Crippen molar-refractivity contribution in [1.29, 1.82) is 0 Å². The predicted octanol–water partition coefficient (Wildman–Crippen LogP) is 8.60. The molecule has 1 aromatic heterocycles. The topological polar surface area (TPSA) is 120 Å². The largest absolute Gasteiger partial charge is 0.508 e. The van der Waals surface area contributed by atoms with Crippen LogP contribution >= 0.6 is 34.8 Å². The quantitative estimate of drug-likeness (QED) is 0.148. The van der Waals surface area contributed by atoms with Crippen molar-refractivity contribution in [2.45, 2.75) is 30.4 Å². The summed E-state index contributed by atoms with van der Waals surface area (Å²) in [5.41, 5.74) is 1.82. The van der Waals surface area contributed by atoms with Crippen molar-refractivity contribution < 1.29 is 37.5 Å². The van der Waals surface area contributed by atoms with Gasteiger partial charge in [-0.3, -0.25) is 29.5 Å². The molecule has 0 spiro atoms. The van der Waals surface area contributed by atoms with E-state index in [0.29, 0.717) is 39.1 Å². The van der Waals surface area contributed by atoms with E-state index >= 15 is 4.79 Å². The number of aromatic hydroxyl groups is 1. The van der Waals surface area contributed by atoms with E-state index in [9.17, 15) is 32.7 Å². The number of hydrogen-bond donors (Lipinski definition) is 2. The number of imide groups is 2. The third-order valence-corrected chi connectivity index (χ3v) is 12.0. The van der Waals surface area contributed by atoms with Gasteiger partial charge in [-0.2, -0.15) is 18.2 Å². The van der Waals surface area contributed by atoms with E-state index in [1.807, 2.05) is 6.08 Å². The van der Waals surface area contributed by atoms with E-state index in [4.69, 9.17) is 34.8 Å². The summed E-state index contributed by atoms with van der Waals surface area (Å²) >= 11 is 19.1. The molecule has 4 aromatic rings. The van der Waals surface area contributed by atoms with Crippen LogP contribution in [0.25, 0.3) is 6.08 Å². The molecule has 9 nitrogen and oxygen atoms in total. The third-order valence-electron chi connectivity index (χ3n) is 11.2. The minimum atomic E-state index is -4.76. The molecular formula is C40H28Cl3F3N4O5. The average Bonchev–Trinajstić information content (AvgIpc) is 3.54. The number of nitrogens with one attached hydrogen (secondary N) is 1. The van der Waals surface area contributed by atoms with Crippen molar-refractivity contribution in [3.05, 3.63) is 135 Å². The Morgan fingerprint density at radius 3 is 2.24 bits per heavy atom. The molecule has 2 N–H and O–H groups in total. The van der Waals surface area contributed by atoms with Crippen LogP contribution in [0.3, 0.4) is 0 Å². The monoisotopic (exact) mass is 806 g/mol. The first-order valence-electron chi connectivity index (χ1n) is 17.1. The molecule has 0 bridgehead atoms. The number of nitrogens with zero attached hydrogens (tertiary/aromatic N) is 3. The first-order chi connectivity index (χ1) is 26.2. The number of hydrazine groups is 1.